The van der Waals surface area contributed by atoms with Crippen molar-refractivity contribution in [3.05, 3.63) is 35.4 Å². The third kappa shape index (κ3) is 1.21. The lowest BCUT2D eigenvalue weighted by atomic mass is 10.1. The van der Waals surface area contributed by atoms with E-state index in [1.165, 1.54) is 5.56 Å². The lowest BCUT2D eigenvalue weighted by molar-refractivity contribution is 0.564. The quantitative estimate of drug-likeness (QED) is 0.669. The minimum absolute atomic E-state index is 0.473. The van der Waals surface area contributed by atoms with Crippen molar-refractivity contribution in [2.45, 2.75) is 11.3 Å². The summed E-state index contributed by atoms with van der Waals surface area (Å²) < 4.78 is 19.5. The van der Waals surface area contributed by atoms with Gasteiger partial charge in [-0.1, -0.05) is 18.2 Å². The van der Waals surface area contributed by atoms with Crippen molar-refractivity contribution in [2.24, 2.45) is 0 Å². The number of hydrogen-bond acceptors (Lipinski definition) is 1. The smallest absolute Gasteiger partial charge is 0.186 e. The van der Waals surface area contributed by atoms with Crippen LogP contribution >= 0.6 is 0 Å². The van der Waals surface area contributed by atoms with E-state index in [1.54, 1.807) is 12.1 Å². The molecule has 1 aromatic carbocycles. The molecule has 0 spiro atoms. The Bertz CT molecular complexity index is 369. The SMILES string of the molecule is O=S(O)c1ccc2c(c1)C=CC2. The van der Waals surface area contributed by atoms with Gasteiger partial charge in [0.25, 0.3) is 0 Å². The second kappa shape index (κ2) is 2.84. The van der Waals surface area contributed by atoms with E-state index in [1.807, 2.05) is 12.1 Å². The number of rotatable bonds is 1. The maximum atomic E-state index is 10.7. The van der Waals surface area contributed by atoms with Gasteiger partial charge >= 0.3 is 0 Å². The molecule has 1 unspecified atom stereocenters. The van der Waals surface area contributed by atoms with Crippen molar-refractivity contribution in [3.63, 3.8) is 0 Å². The van der Waals surface area contributed by atoms with Gasteiger partial charge in [0, 0.05) is 0 Å². The number of allylic oxidation sites excluding steroid dienone is 1. The molecule has 0 bridgehead atoms. The van der Waals surface area contributed by atoms with Crippen LogP contribution in [0.3, 0.4) is 0 Å². The van der Waals surface area contributed by atoms with Crippen LogP contribution in [-0.4, -0.2) is 8.76 Å². The highest BCUT2D eigenvalue weighted by atomic mass is 32.2. The molecule has 0 saturated carbocycles. The van der Waals surface area contributed by atoms with Crippen molar-refractivity contribution in [2.75, 3.05) is 0 Å². The van der Waals surface area contributed by atoms with Crippen molar-refractivity contribution in [1.29, 1.82) is 0 Å². The van der Waals surface area contributed by atoms with Crippen LogP contribution in [0, 0.1) is 0 Å². The zero-order valence-electron chi connectivity index (χ0n) is 6.36. The highest BCUT2D eigenvalue weighted by Crippen LogP contribution is 2.21. The Morgan fingerprint density at radius 3 is 3.00 bits per heavy atom. The molecule has 0 radical (unpaired) electrons. The molecule has 0 amide bonds. The lowest BCUT2D eigenvalue weighted by Crippen LogP contribution is -1.90. The van der Waals surface area contributed by atoms with Gasteiger partial charge in [-0.25, -0.2) is 4.21 Å². The highest BCUT2D eigenvalue weighted by Gasteiger charge is 2.07. The fourth-order valence-corrected chi connectivity index (χ4v) is 1.75. The molecule has 12 heavy (non-hydrogen) atoms. The van der Waals surface area contributed by atoms with E-state index in [9.17, 15) is 4.21 Å². The maximum absolute atomic E-state index is 10.7. The summed E-state index contributed by atoms with van der Waals surface area (Å²) in [5.74, 6) is 0. The van der Waals surface area contributed by atoms with Gasteiger partial charge in [-0.3, -0.25) is 0 Å². The molecule has 3 heteroatoms. The van der Waals surface area contributed by atoms with E-state index in [0.29, 0.717) is 4.90 Å². The molecule has 2 rings (SSSR count). The molecule has 1 aliphatic rings. The first-order chi connectivity index (χ1) is 5.77. The highest BCUT2D eigenvalue weighted by molar-refractivity contribution is 7.79. The standard InChI is InChI=1S/C9H8O2S/c10-12(11)9-5-4-7-2-1-3-8(7)6-9/h1,3-6H,2H2,(H,10,11). The van der Waals surface area contributed by atoms with Crippen LogP contribution in [0.2, 0.25) is 0 Å². The molecule has 0 saturated heterocycles. The van der Waals surface area contributed by atoms with Crippen LogP contribution in [0.5, 0.6) is 0 Å². The summed E-state index contributed by atoms with van der Waals surface area (Å²) in [6.07, 6.45) is 4.97. The molecular formula is C9H8O2S. The van der Waals surface area contributed by atoms with Crippen LogP contribution in [0.15, 0.2) is 29.2 Å². The predicted octanol–water partition coefficient (Wildman–Crippen LogP) is 1.84. The Kier molecular flexibility index (Phi) is 1.83. The fourth-order valence-electron chi connectivity index (χ4n) is 1.34. The second-order valence-electron chi connectivity index (χ2n) is 2.72. The Balaban J connectivity index is 2.51. The first-order valence-corrected chi connectivity index (χ1v) is 4.78. The van der Waals surface area contributed by atoms with E-state index in [2.05, 4.69) is 6.08 Å². The summed E-state index contributed by atoms with van der Waals surface area (Å²) in [5.41, 5.74) is 2.29. The van der Waals surface area contributed by atoms with Gasteiger partial charge in [0.05, 0.1) is 4.90 Å². The average molecular weight is 180 g/mol. The van der Waals surface area contributed by atoms with E-state index >= 15 is 0 Å². The van der Waals surface area contributed by atoms with Crippen molar-refractivity contribution >= 4 is 17.2 Å². The van der Waals surface area contributed by atoms with Gasteiger partial charge in [-0.15, -0.1) is 0 Å². The Labute approximate surface area is 73.2 Å². The number of benzene rings is 1. The van der Waals surface area contributed by atoms with E-state index in [-0.39, 0.29) is 0 Å². The summed E-state index contributed by atoms with van der Waals surface area (Å²) in [6, 6.07) is 5.36. The van der Waals surface area contributed by atoms with Crippen LogP contribution in [0.4, 0.5) is 0 Å². The van der Waals surface area contributed by atoms with E-state index in [0.717, 1.165) is 12.0 Å². The maximum Gasteiger partial charge on any atom is 0.186 e. The summed E-state index contributed by atoms with van der Waals surface area (Å²) in [4.78, 5) is 0.473. The second-order valence-corrected chi connectivity index (χ2v) is 3.69. The predicted molar refractivity (Wildman–Crippen MR) is 48.2 cm³/mol. The largest absolute Gasteiger partial charge is 0.302 e. The molecule has 0 heterocycles. The van der Waals surface area contributed by atoms with Gasteiger partial charge in [-0.2, -0.15) is 0 Å². The summed E-state index contributed by atoms with van der Waals surface area (Å²) in [6.45, 7) is 0. The minimum Gasteiger partial charge on any atom is -0.302 e. The molecule has 1 aliphatic carbocycles. The van der Waals surface area contributed by atoms with E-state index in [4.69, 9.17) is 4.55 Å². The minimum atomic E-state index is -1.86. The first-order valence-electron chi connectivity index (χ1n) is 3.68. The Hall–Kier alpha value is -0.930. The normalized spacial score (nSPS) is 16.1. The van der Waals surface area contributed by atoms with Gasteiger partial charge < -0.3 is 4.55 Å². The third-order valence-electron chi connectivity index (χ3n) is 1.95. The zero-order valence-corrected chi connectivity index (χ0v) is 7.17. The van der Waals surface area contributed by atoms with Gasteiger partial charge in [0.2, 0.25) is 0 Å². The zero-order chi connectivity index (χ0) is 8.55. The summed E-state index contributed by atoms with van der Waals surface area (Å²) in [7, 11) is 0. The van der Waals surface area contributed by atoms with Gasteiger partial charge in [-0.05, 0) is 29.7 Å². The molecular weight excluding hydrogens is 172 g/mol. The van der Waals surface area contributed by atoms with Gasteiger partial charge in [0.1, 0.15) is 0 Å². The van der Waals surface area contributed by atoms with Crippen LogP contribution in [-0.2, 0) is 17.5 Å². The molecule has 0 aromatic heterocycles. The summed E-state index contributed by atoms with van der Waals surface area (Å²) in [5, 5.41) is 0. The molecule has 1 atom stereocenters. The van der Waals surface area contributed by atoms with Crippen molar-refractivity contribution in [3.8, 4) is 0 Å². The summed E-state index contributed by atoms with van der Waals surface area (Å²) >= 11 is -1.86. The van der Waals surface area contributed by atoms with Crippen LogP contribution in [0.1, 0.15) is 11.1 Å². The van der Waals surface area contributed by atoms with Crippen molar-refractivity contribution in [1.82, 2.24) is 0 Å². The molecule has 62 valence electrons. The van der Waals surface area contributed by atoms with E-state index < -0.39 is 11.1 Å². The van der Waals surface area contributed by atoms with Crippen LogP contribution in [0.25, 0.3) is 6.08 Å². The third-order valence-corrected chi connectivity index (χ3v) is 2.61. The topological polar surface area (TPSA) is 37.3 Å². The molecule has 1 N–H and O–H groups in total. The molecule has 0 aliphatic heterocycles. The average Bonchev–Trinajstić information content (AvgIpc) is 2.49. The van der Waals surface area contributed by atoms with Crippen molar-refractivity contribution < 1.29 is 8.76 Å². The molecule has 0 fully saturated rings. The number of fused-ring (bicyclic) bond motifs is 1. The Morgan fingerprint density at radius 2 is 2.25 bits per heavy atom. The first kappa shape index (κ1) is 7.71. The lowest BCUT2D eigenvalue weighted by Gasteiger charge is -1.99. The Morgan fingerprint density at radius 1 is 1.42 bits per heavy atom. The number of hydrogen-bond donors (Lipinski definition) is 1. The molecule has 2 nitrogen and oxygen atoms in total. The van der Waals surface area contributed by atoms with Crippen LogP contribution < -0.4 is 0 Å². The monoisotopic (exact) mass is 180 g/mol. The van der Waals surface area contributed by atoms with Gasteiger partial charge in [0.15, 0.2) is 11.1 Å². The molecule has 1 aromatic rings. The fraction of sp³-hybridized carbons (Fsp3) is 0.111.